The van der Waals surface area contributed by atoms with Gasteiger partial charge in [0.25, 0.3) is 0 Å². The van der Waals surface area contributed by atoms with Crippen molar-refractivity contribution >= 4 is 32.3 Å². The Morgan fingerprint density at radius 1 is 1.48 bits per heavy atom. The zero-order chi connectivity index (χ0) is 16.7. The summed E-state index contributed by atoms with van der Waals surface area (Å²) in [5, 5.41) is 14.9. The second-order valence-electron chi connectivity index (χ2n) is 5.48. The number of nitrogens with zero attached hydrogens (tertiary/aromatic N) is 2. The summed E-state index contributed by atoms with van der Waals surface area (Å²) >= 11 is 1.77. The van der Waals surface area contributed by atoms with E-state index in [0.717, 1.165) is 32.5 Å². The molecule has 1 aliphatic rings. The molecule has 0 bridgehead atoms. The second kappa shape index (κ2) is 8.51. The number of thiophene rings is 1. The number of piperidine rings is 1. The molecule has 23 heavy (non-hydrogen) atoms. The molecular weight excluding hydrogens is 334 g/mol. The third-order valence-corrected chi connectivity index (χ3v) is 5.32. The third kappa shape index (κ3) is 6.36. The number of anilines is 1. The Kier molecular flexibility index (Phi) is 6.67. The van der Waals surface area contributed by atoms with Crippen LogP contribution in [0.2, 0.25) is 0 Å². The highest BCUT2D eigenvalue weighted by Crippen LogP contribution is 2.24. The summed E-state index contributed by atoms with van der Waals surface area (Å²) in [5.74, 6) is 0.520. The lowest BCUT2D eigenvalue weighted by Gasteiger charge is -2.33. The molecule has 1 aromatic rings. The lowest BCUT2D eigenvalue weighted by Crippen LogP contribution is -2.48. The summed E-state index contributed by atoms with van der Waals surface area (Å²) in [5.41, 5.74) is 0. The molecule has 0 saturated carbocycles. The first kappa shape index (κ1) is 18.0. The van der Waals surface area contributed by atoms with E-state index in [9.17, 15) is 8.42 Å². The molecule has 0 aromatic carbocycles. The third-order valence-electron chi connectivity index (χ3n) is 3.64. The van der Waals surface area contributed by atoms with Crippen molar-refractivity contribution in [2.45, 2.75) is 25.8 Å². The van der Waals surface area contributed by atoms with E-state index in [4.69, 9.17) is 5.14 Å². The fourth-order valence-corrected chi connectivity index (χ4v) is 3.62. The molecule has 0 aliphatic carbocycles. The van der Waals surface area contributed by atoms with Gasteiger partial charge in [-0.2, -0.15) is 0 Å². The van der Waals surface area contributed by atoms with E-state index < -0.39 is 10.0 Å². The molecule has 7 nitrogen and oxygen atoms in total. The highest BCUT2D eigenvalue weighted by Gasteiger charge is 2.20. The molecule has 0 radical (unpaired) electrons. The largest absolute Gasteiger partial charge is 0.363 e. The van der Waals surface area contributed by atoms with Gasteiger partial charge in [-0.05, 0) is 37.3 Å². The minimum absolute atomic E-state index is 0.138. The zero-order valence-electron chi connectivity index (χ0n) is 13.4. The molecule has 1 saturated heterocycles. The van der Waals surface area contributed by atoms with Crippen molar-refractivity contribution in [1.82, 2.24) is 10.6 Å². The van der Waals surface area contributed by atoms with E-state index in [1.165, 1.54) is 5.00 Å². The van der Waals surface area contributed by atoms with Gasteiger partial charge in [-0.1, -0.05) is 0 Å². The molecule has 0 atom stereocenters. The first-order chi connectivity index (χ1) is 11.0. The molecule has 130 valence electrons. The molecule has 0 amide bonds. The van der Waals surface area contributed by atoms with E-state index in [1.807, 2.05) is 6.92 Å². The maximum absolute atomic E-state index is 11.0. The lowest BCUT2D eigenvalue weighted by molar-refractivity contribution is 0.463. The molecule has 1 aliphatic heterocycles. The molecule has 2 heterocycles. The van der Waals surface area contributed by atoms with Crippen LogP contribution in [-0.4, -0.2) is 52.4 Å². The van der Waals surface area contributed by atoms with Gasteiger partial charge in [0.05, 0.1) is 17.3 Å². The molecular formula is C14H25N5O2S2. The first-order valence-electron chi connectivity index (χ1n) is 7.81. The van der Waals surface area contributed by atoms with Crippen molar-refractivity contribution in [3.8, 4) is 0 Å². The van der Waals surface area contributed by atoms with Crippen molar-refractivity contribution in [1.29, 1.82) is 0 Å². The number of primary sulfonamides is 1. The van der Waals surface area contributed by atoms with Crippen LogP contribution in [0.15, 0.2) is 22.5 Å². The number of nitrogens with one attached hydrogen (secondary N) is 2. The summed E-state index contributed by atoms with van der Waals surface area (Å²) in [7, 11) is -3.47. The van der Waals surface area contributed by atoms with E-state index in [-0.39, 0.29) is 12.3 Å². The van der Waals surface area contributed by atoms with Crippen molar-refractivity contribution in [3.63, 3.8) is 0 Å². The van der Waals surface area contributed by atoms with Gasteiger partial charge in [0.1, 0.15) is 0 Å². The Labute approximate surface area is 142 Å². The van der Waals surface area contributed by atoms with E-state index in [1.54, 1.807) is 11.3 Å². The first-order valence-corrected chi connectivity index (χ1v) is 10.4. The minimum Gasteiger partial charge on any atom is -0.363 e. The van der Waals surface area contributed by atoms with Gasteiger partial charge in [0.2, 0.25) is 10.0 Å². The molecule has 1 fully saturated rings. The summed E-state index contributed by atoms with van der Waals surface area (Å²) in [6.07, 6.45) is 2.05. The summed E-state index contributed by atoms with van der Waals surface area (Å²) in [6.45, 7) is 4.90. The van der Waals surface area contributed by atoms with Gasteiger partial charge >= 0.3 is 0 Å². The maximum atomic E-state index is 11.0. The lowest BCUT2D eigenvalue weighted by atomic mass is 10.1. The molecule has 9 heteroatoms. The normalized spacial score (nSPS) is 17.3. The number of hydrogen-bond acceptors (Lipinski definition) is 5. The highest BCUT2D eigenvalue weighted by molar-refractivity contribution is 7.89. The van der Waals surface area contributed by atoms with Crippen LogP contribution in [0.25, 0.3) is 0 Å². The van der Waals surface area contributed by atoms with Gasteiger partial charge in [0.15, 0.2) is 5.96 Å². The number of nitrogens with two attached hydrogens (primary N) is 1. The standard InChI is InChI=1S/C14H25N5O2S2/c1-2-16-14(17-7-11-23(15,20)21)18-12-5-8-19(9-6-12)13-4-3-10-22-13/h3-4,10,12H,2,5-9,11H2,1H3,(H2,15,20,21)(H2,16,17,18). The van der Waals surface area contributed by atoms with Crippen LogP contribution >= 0.6 is 11.3 Å². The highest BCUT2D eigenvalue weighted by atomic mass is 32.2. The smallest absolute Gasteiger partial charge is 0.210 e. The Hall–Kier alpha value is -1.32. The molecule has 0 unspecified atom stereocenters. The quantitative estimate of drug-likeness (QED) is 0.509. The number of hydrogen-bond donors (Lipinski definition) is 3. The average Bonchev–Trinajstić information content (AvgIpc) is 3.01. The number of rotatable bonds is 6. The van der Waals surface area contributed by atoms with Crippen LogP contribution in [0, 0.1) is 0 Å². The van der Waals surface area contributed by atoms with Gasteiger partial charge < -0.3 is 15.5 Å². The van der Waals surface area contributed by atoms with Crippen LogP contribution in [0.5, 0.6) is 0 Å². The number of guanidine groups is 1. The Balaban J connectivity index is 1.82. The topological polar surface area (TPSA) is 99.8 Å². The summed E-state index contributed by atoms with van der Waals surface area (Å²) in [4.78, 5) is 6.68. The maximum Gasteiger partial charge on any atom is 0.210 e. The van der Waals surface area contributed by atoms with E-state index in [2.05, 4.69) is 38.0 Å². The molecule has 2 rings (SSSR count). The number of aliphatic imine (C=N–C) groups is 1. The van der Waals surface area contributed by atoms with E-state index >= 15 is 0 Å². The Morgan fingerprint density at radius 2 is 2.22 bits per heavy atom. The average molecular weight is 360 g/mol. The van der Waals surface area contributed by atoms with Gasteiger partial charge in [-0.3, -0.25) is 4.99 Å². The SMILES string of the molecule is CCNC(=NCCS(N)(=O)=O)NC1CCN(c2cccs2)CC1. The van der Waals surface area contributed by atoms with Gasteiger partial charge in [0, 0.05) is 25.7 Å². The molecule has 1 aromatic heterocycles. The summed E-state index contributed by atoms with van der Waals surface area (Å²) in [6, 6.07) is 4.57. The van der Waals surface area contributed by atoms with Crippen molar-refractivity contribution in [2.24, 2.45) is 10.1 Å². The van der Waals surface area contributed by atoms with Crippen LogP contribution in [-0.2, 0) is 10.0 Å². The molecule has 4 N–H and O–H groups in total. The fraction of sp³-hybridized carbons (Fsp3) is 0.643. The number of sulfonamides is 1. The Morgan fingerprint density at radius 3 is 2.78 bits per heavy atom. The minimum atomic E-state index is -3.47. The van der Waals surface area contributed by atoms with Crippen molar-refractivity contribution in [3.05, 3.63) is 17.5 Å². The molecule has 0 spiro atoms. The van der Waals surface area contributed by atoms with Crippen molar-refractivity contribution < 1.29 is 8.42 Å². The van der Waals surface area contributed by atoms with Crippen LogP contribution < -0.4 is 20.7 Å². The van der Waals surface area contributed by atoms with Crippen LogP contribution in [0.1, 0.15) is 19.8 Å². The summed E-state index contributed by atoms with van der Waals surface area (Å²) < 4.78 is 21.9. The van der Waals surface area contributed by atoms with Crippen LogP contribution in [0.4, 0.5) is 5.00 Å². The Bertz CT molecular complexity index is 593. The van der Waals surface area contributed by atoms with Crippen molar-refractivity contribution in [2.75, 3.05) is 36.8 Å². The predicted molar refractivity (Wildman–Crippen MR) is 96.6 cm³/mol. The van der Waals surface area contributed by atoms with Crippen LogP contribution in [0.3, 0.4) is 0 Å². The second-order valence-corrected chi connectivity index (χ2v) is 8.14. The fourth-order valence-electron chi connectivity index (χ4n) is 2.49. The van der Waals surface area contributed by atoms with E-state index in [0.29, 0.717) is 12.0 Å². The monoisotopic (exact) mass is 359 g/mol. The van der Waals surface area contributed by atoms with Gasteiger partial charge in [-0.25, -0.2) is 13.6 Å². The predicted octanol–water partition coefficient (Wildman–Crippen LogP) is 0.561. The zero-order valence-corrected chi connectivity index (χ0v) is 15.0. The van der Waals surface area contributed by atoms with Gasteiger partial charge in [-0.15, -0.1) is 11.3 Å².